The zero-order valence-corrected chi connectivity index (χ0v) is 20.3. The molecule has 1 rings (SSSR count). The smallest absolute Gasteiger partial charge is 0.320 e. The Kier molecular flexibility index (Phi) is 13.5. The van der Waals surface area contributed by atoms with Crippen molar-refractivity contribution in [1.82, 2.24) is 0 Å². The fraction of sp³-hybridized carbons (Fsp3) is 0.692. The summed E-state index contributed by atoms with van der Waals surface area (Å²) in [6.07, 6.45) is 8.14. The molecule has 0 aliphatic rings. The summed E-state index contributed by atoms with van der Waals surface area (Å²) in [7, 11) is 0. The van der Waals surface area contributed by atoms with Crippen LogP contribution in [0.15, 0.2) is 18.2 Å². The summed E-state index contributed by atoms with van der Waals surface area (Å²) in [5, 5.41) is 19.3. The average molecular weight is 451 g/mol. The first-order valence-corrected chi connectivity index (χ1v) is 12.2. The van der Waals surface area contributed by atoms with Gasteiger partial charge in [-0.2, -0.15) is 0 Å². The number of hydrogen-bond acceptors (Lipinski definition) is 6. The van der Waals surface area contributed by atoms with E-state index in [1.165, 1.54) is 12.1 Å². The highest BCUT2D eigenvalue weighted by molar-refractivity contribution is 5.95. The van der Waals surface area contributed by atoms with Gasteiger partial charge in [-0.15, -0.1) is 0 Å². The van der Waals surface area contributed by atoms with E-state index in [9.17, 15) is 19.8 Å². The van der Waals surface area contributed by atoms with Crippen LogP contribution in [0.5, 0.6) is 11.5 Å². The normalized spacial score (nSPS) is 13.9. The van der Waals surface area contributed by atoms with E-state index in [1.54, 1.807) is 6.07 Å². The lowest BCUT2D eigenvalue weighted by atomic mass is 9.97. The van der Waals surface area contributed by atoms with Gasteiger partial charge in [0.2, 0.25) is 0 Å². The van der Waals surface area contributed by atoms with E-state index < -0.39 is 17.9 Å². The second-order valence-corrected chi connectivity index (χ2v) is 8.67. The predicted molar refractivity (Wildman–Crippen MR) is 125 cm³/mol. The van der Waals surface area contributed by atoms with Gasteiger partial charge in [0.05, 0.1) is 13.2 Å². The van der Waals surface area contributed by atoms with Crippen molar-refractivity contribution in [2.24, 2.45) is 17.8 Å². The Morgan fingerprint density at radius 1 is 0.812 bits per heavy atom. The summed E-state index contributed by atoms with van der Waals surface area (Å²) < 4.78 is 11.1. The number of benzene rings is 1. The van der Waals surface area contributed by atoms with Gasteiger partial charge in [0.25, 0.3) is 0 Å². The first-order valence-electron chi connectivity index (χ1n) is 12.2. The molecule has 0 saturated carbocycles. The number of carbonyl (C=O) groups is 2. The van der Waals surface area contributed by atoms with Crippen LogP contribution in [-0.4, -0.2) is 35.4 Å². The third kappa shape index (κ3) is 9.92. The van der Waals surface area contributed by atoms with Crippen LogP contribution < -0.4 is 0 Å². The number of carbonyl (C=O) groups excluding carboxylic acids is 2. The number of esters is 2. The van der Waals surface area contributed by atoms with E-state index >= 15 is 0 Å². The van der Waals surface area contributed by atoms with E-state index in [-0.39, 0.29) is 43.0 Å². The minimum absolute atomic E-state index is 0.0447. The highest BCUT2D eigenvalue weighted by Gasteiger charge is 2.31. The van der Waals surface area contributed by atoms with Crippen LogP contribution in [0.25, 0.3) is 0 Å². The van der Waals surface area contributed by atoms with E-state index in [4.69, 9.17) is 9.47 Å². The van der Waals surface area contributed by atoms with Crippen molar-refractivity contribution in [3.8, 4) is 11.5 Å². The molecule has 0 fully saturated rings. The molecule has 0 aromatic heterocycles. The Morgan fingerprint density at radius 2 is 1.31 bits per heavy atom. The molecule has 0 saturated heterocycles. The van der Waals surface area contributed by atoms with Crippen LogP contribution >= 0.6 is 0 Å². The third-order valence-electron chi connectivity index (χ3n) is 6.06. The fourth-order valence-corrected chi connectivity index (χ4v) is 3.59. The van der Waals surface area contributed by atoms with Gasteiger partial charge < -0.3 is 19.7 Å². The van der Waals surface area contributed by atoms with Gasteiger partial charge in [0.1, 0.15) is 0 Å². The molecule has 0 amide bonds. The van der Waals surface area contributed by atoms with Gasteiger partial charge in [-0.1, -0.05) is 72.3 Å². The molecule has 1 aromatic carbocycles. The molecule has 1 aromatic rings. The monoisotopic (exact) mass is 450 g/mol. The minimum atomic E-state index is -1.11. The molecule has 0 spiro atoms. The molecule has 0 aliphatic carbocycles. The van der Waals surface area contributed by atoms with Crippen LogP contribution in [-0.2, 0) is 25.5 Å². The molecule has 2 N–H and O–H groups in total. The number of unbranched alkanes of at least 4 members (excludes halogenated alkanes) is 2. The first-order chi connectivity index (χ1) is 15.4. The molecule has 32 heavy (non-hydrogen) atoms. The van der Waals surface area contributed by atoms with Gasteiger partial charge in [-0.05, 0) is 48.8 Å². The maximum absolute atomic E-state index is 12.9. The zero-order chi connectivity index (χ0) is 23.9. The quantitative estimate of drug-likeness (QED) is 0.188. The van der Waals surface area contributed by atoms with Gasteiger partial charge >= 0.3 is 11.9 Å². The highest BCUT2D eigenvalue weighted by Crippen LogP contribution is 2.27. The number of phenols is 2. The molecule has 0 aliphatic heterocycles. The van der Waals surface area contributed by atoms with E-state index in [0.717, 1.165) is 51.4 Å². The molecule has 0 radical (unpaired) electrons. The molecule has 2 atom stereocenters. The molecule has 0 heterocycles. The first kappa shape index (κ1) is 27.8. The van der Waals surface area contributed by atoms with Gasteiger partial charge in [0.15, 0.2) is 17.4 Å². The Bertz CT molecular complexity index is 655. The van der Waals surface area contributed by atoms with Crippen LogP contribution in [0, 0.1) is 17.8 Å². The summed E-state index contributed by atoms with van der Waals surface area (Å²) >= 11 is 0. The lowest BCUT2D eigenvalue weighted by Crippen LogP contribution is -2.32. The predicted octanol–water partition coefficient (Wildman–Crippen LogP) is 5.78. The lowest BCUT2D eigenvalue weighted by molar-refractivity contribution is -0.163. The highest BCUT2D eigenvalue weighted by atomic mass is 16.6. The van der Waals surface area contributed by atoms with Crippen molar-refractivity contribution in [3.63, 3.8) is 0 Å². The molecular weight excluding hydrogens is 408 g/mol. The molecule has 6 nitrogen and oxygen atoms in total. The van der Waals surface area contributed by atoms with Gasteiger partial charge in [-0.3, -0.25) is 9.59 Å². The summed E-state index contributed by atoms with van der Waals surface area (Å²) in [6, 6.07) is 4.28. The minimum Gasteiger partial charge on any atom is -0.504 e. The Balaban J connectivity index is 2.87. The summed E-state index contributed by atoms with van der Waals surface area (Å²) in [5.41, 5.74) is 0.551. The Labute approximate surface area is 193 Å². The number of phenolic OH excluding ortho intramolecular Hbond substituents is 2. The molecule has 182 valence electrons. The SMILES string of the molecule is CCCCC(CC)COC(=O)C(Cc1ccc(O)c(O)c1)C(=O)OCC(CC)CCCC. The third-order valence-corrected chi connectivity index (χ3v) is 6.06. The Hall–Kier alpha value is -2.24. The van der Waals surface area contributed by atoms with Crippen LogP contribution in [0.2, 0.25) is 0 Å². The molecular formula is C26H42O6. The number of ether oxygens (including phenoxy) is 2. The standard InChI is InChI=1S/C26H42O6/c1-5-9-11-19(7-3)17-31-25(29)22(15-21-13-14-23(27)24(28)16-21)26(30)32-18-20(8-4)12-10-6-2/h13-14,16,19-20,22,27-28H,5-12,15,17-18H2,1-4H3. The number of rotatable bonds is 16. The summed E-state index contributed by atoms with van der Waals surface area (Å²) in [5.74, 6) is -2.30. The topological polar surface area (TPSA) is 93.1 Å². The molecule has 2 unspecified atom stereocenters. The fourth-order valence-electron chi connectivity index (χ4n) is 3.59. The number of aromatic hydroxyl groups is 2. The second-order valence-electron chi connectivity index (χ2n) is 8.67. The zero-order valence-electron chi connectivity index (χ0n) is 20.3. The van der Waals surface area contributed by atoms with Crippen molar-refractivity contribution >= 4 is 11.9 Å². The average Bonchev–Trinajstić information content (AvgIpc) is 2.79. The second kappa shape index (κ2) is 15.5. The van der Waals surface area contributed by atoms with Crippen LogP contribution in [0.1, 0.15) is 84.6 Å². The van der Waals surface area contributed by atoms with Gasteiger partial charge in [0, 0.05) is 0 Å². The summed E-state index contributed by atoms with van der Waals surface area (Å²) in [6.45, 7) is 8.96. The van der Waals surface area contributed by atoms with E-state index in [1.807, 2.05) is 0 Å². The largest absolute Gasteiger partial charge is 0.504 e. The number of hydrogen-bond donors (Lipinski definition) is 2. The Morgan fingerprint density at radius 3 is 1.72 bits per heavy atom. The van der Waals surface area contributed by atoms with Gasteiger partial charge in [-0.25, -0.2) is 0 Å². The van der Waals surface area contributed by atoms with Crippen molar-refractivity contribution in [2.75, 3.05) is 13.2 Å². The lowest BCUT2D eigenvalue weighted by Gasteiger charge is -2.20. The maximum atomic E-state index is 12.9. The van der Waals surface area contributed by atoms with E-state index in [0.29, 0.717) is 5.56 Å². The van der Waals surface area contributed by atoms with Crippen molar-refractivity contribution < 1.29 is 29.3 Å². The van der Waals surface area contributed by atoms with E-state index in [2.05, 4.69) is 27.7 Å². The maximum Gasteiger partial charge on any atom is 0.320 e. The van der Waals surface area contributed by atoms with Crippen LogP contribution in [0.3, 0.4) is 0 Å². The van der Waals surface area contributed by atoms with Crippen molar-refractivity contribution in [1.29, 1.82) is 0 Å². The van der Waals surface area contributed by atoms with Crippen LogP contribution in [0.4, 0.5) is 0 Å². The molecule has 6 heteroatoms. The van der Waals surface area contributed by atoms with Crippen molar-refractivity contribution in [2.45, 2.75) is 85.5 Å². The summed E-state index contributed by atoms with van der Waals surface area (Å²) in [4.78, 5) is 25.8. The van der Waals surface area contributed by atoms with Crippen molar-refractivity contribution in [3.05, 3.63) is 23.8 Å². The molecule has 0 bridgehead atoms.